The van der Waals surface area contributed by atoms with E-state index in [1.807, 2.05) is 31.2 Å². The van der Waals surface area contributed by atoms with E-state index in [4.69, 9.17) is 0 Å². The van der Waals surface area contributed by atoms with Crippen molar-refractivity contribution in [2.24, 2.45) is 0 Å². The molecule has 0 bridgehead atoms. The summed E-state index contributed by atoms with van der Waals surface area (Å²) in [5.41, 5.74) is 2.18. The lowest BCUT2D eigenvalue weighted by Crippen LogP contribution is -2.35. The Morgan fingerprint density at radius 1 is 1.15 bits per heavy atom. The fourth-order valence-electron chi connectivity index (χ4n) is 2.93. The fourth-order valence-corrected chi connectivity index (χ4v) is 4.38. The van der Waals surface area contributed by atoms with Gasteiger partial charge in [-0.3, -0.25) is 4.79 Å². The summed E-state index contributed by atoms with van der Waals surface area (Å²) >= 11 is 0. The van der Waals surface area contributed by atoms with E-state index >= 15 is 0 Å². The third kappa shape index (κ3) is 4.50. The first-order valence-electron chi connectivity index (χ1n) is 8.79. The van der Waals surface area contributed by atoms with Gasteiger partial charge in [0.05, 0.1) is 6.33 Å². The smallest absolute Gasteiger partial charge is 0.262 e. The van der Waals surface area contributed by atoms with Crippen molar-refractivity contribution in [2.45, 2.75) is 44.3 Å². The number of nitrogens with zero attached hydrogens (tertiary/aromatic N) is 3. The van der Waals surface area contributed by atoms with Gasteiger partial charge in [-0.25, -0.2) is 13.4 Å². The van der Waals surface area contributed by atoms with Gasteiger partial charge in [0.25, 0.3) is 10.0 Å². The van der Waals surface area contributed by atoms with Gasteiger partial charge in [0.15, 0.2) is 5.03 Å². The van der Waals surface area contributed by atoms with E-state index in [0.29, 0.717) is 19.6 Å². The summed E-state index contributed by atoms with van der Waals surface area (Å²) < 4.78 is 28.1. The molecule has 0 unspecified atom stereocenters. The predicted octanol–water partition coefficient (Wildman–Crippen LogP) is 1.68. The molecule has 140 valence electrons. The number of aromatic nitrogens is 2. The Labute approximate surface area is 154 Å². The minimum absolute atomic E-state index is 0.00531. The molecule has 1 fully saturated rings. The number of amides is 1. The number of carbonyl (C=O) groups excluding carboxylic acids is 1. The number of sulfonamides is 1. The van der Waals surface area contributed by atoms with Gasteiger partial charge >= 0.3 is 0 Å². The van der Waals surface area contributed by atoms with Crippen LogP contribution in [0, 0.1) is 6.92 Å². The number of hydrogen-bond donors (Lipinski definition) is 1. The highest BCUT2D eigenvalue weighted by atomic mass is 32.2. The van der Waals surface area contributed by atoms with Gasteiger partial charge in [-0.05, 0) is 25.3 Å². The van der Waals surface area contributed by atoms with Crippen LogP contribution in [0.4, 0.5) is 0 Å². The molecule has 0 radical (unpaired) electrons. The standard InChI is InChI=1S/C18H24N4O3S/c1-15-5-7-16(8-6-15)11-19-17(23)12-21-13-18(20-14-21)26(24,25)22-9-3-2-4-10-22/h5-8,13-14H,2-4,9-12H2,1H3,(H,19,23). The zero-order valence-electron chi connectivity index (χ0n) is 14.9. The number of benzene rings is 1. The van der Waals surface area contributed by atoms with Crippen LogP contribution in [0.25, 0.3) is 0 Å². The van der Waals surface area contributed by atoms with E-state index in [1.54, 1.807) is 0 Å². The molecule has 1 N–H and O–H groups in total. The van der Waals surface area contributed by atoms with Crippen LogP contribution in [0.2, 0.25) is 0 Å². The van der Waals surface area contributed by atoms with Crippen molar-refractivity contribution >= 4 is 15.9 Å². The second kappa shape index (κ2) is 8.01. The van der Waals surface area contributed by atoms with Crippen LogP contribution in [0.15, 0.2) is 41.8 Å². The van der Waals surface area contributed by atoms with Gasteiger partial charge < -0.3 is 9.88 Å². The van der Waals surface area contributed by atoms with Crippen molar-refractivity contribution in [1.82, 2.24) is 19.2 Å². The van der Waals surface area contributed by atoms with Crippen LogP contribution in [0.5, 0.6) is 0 Å². The first-order valence-corrected chi connectivity index (χ1v) is 10.2. The molecule has 0 spiro atoms. The molecule has 3 rings (SSSR count). The molecule has 0 saturated carbocycles. The average molecular weight is 376 g/mol. The minimum Gasteiger partial charge on any atom is -0.350 e. The van der Waals surface area contributed by atoms with Crippen molar-refractivity contribution < 1.29 is 13.2 Å². The predicted molar refractivity (Wildman–Crippen MR) is 97.9 cm³/mol. The SMILES string of the molecule is Cc1ccc(CNC(=O)Cn2cnc(S(=O)(=O)N3CCCCC3)c2)cc1. The Morgan fingerprint density at radius 2 is 1.85 bits per heavy atom. The molecule has 1 aliphatic rings. The molecule has 1 aliphatic heterocycles. The third-order valence-electron chi connectivity index (χ3n) is 4.47. The summed E-state index contributed by atoms with van der Waals surface area (Å²) in [6.45, 7) is 3.55. The summed E-state index contributed by atoms with van der Waals surface area (Å²) in [6, 6.07) is 7.93. The summed E-state index contributed by atoms with van der Waals surface area (Å²) in [7, 11) is -3.57. The average Bonchev–Trinajstić information content (AvgIpc) is 3.11. The first kappa shape index (κ1) is 18.6. The maximum atomic E-state index is 12.6. The molecule has 26 heavy (non-hydrogen) atoms. The lowest BCUT2D eigenvalue weighted by atomic mass is 10.1. The number of hydrogen-bond acceptors (Lipinski definition) is 4. The second-order valence-electron chi connectivity index (χ2n) is 6.61. The maximum Gasteiger partial charge on any atom is 0.262 e. The van der Waals surface area contributed by atoms with E-state index < -0.39 is 10.0 Å². The molecule has 2 heterocycles. The van der Waals surface area contributed by atoms with E-state index in [0.717, 1.165) is 24.8 Å². The highest BCUT2D eigenvalue weighted by Gasteiger charge is 2.28. The Hall–Kier alpha value is -2.19. The minimum atomic E-state index is -3.57. The molecule has 1 aromatic carbocycles. The van der Waals surface area contributed by atoms with Crippen molar-refractivity contribution in [2.75, 3.05) is 13.1 Å². The fraction of sp³-hybridized carbons (Fsp3) is 0.444. The van der Waals surface area contributed by atoms with E-state index in [1.165, 1.54) is 27.0 Å². The molecule has 0 atom stereocenters. The summed E-state index contributed by atoms with van der Waals surface area (Å²) in [5, 5.41) is 2.84. The molecule has 0 aliphatic carbocycles. The molecule has 7 nitrogen and oxygen atoms in total. The number of carbonyl (C=O) groups is 1. The van der Waals surface area contributed by atoms with Gasteiger partial charge in [-0.15, -0.1) is 0 Å². The molecule has 2 aromatic rings. The summed E-state index contributed by atoms with van der Waals surface area (Å²) in [4.78, 5) is 16.1. The topological polar surface area (TPSA) is 84.3 Å². The highest BCUT2D eigenvalue weighted by Crippen LogP contribution is 2.18. The molecule has 1 aromatic heterocycles. The first-order chi connectivity index (χ1) is 12.4. The van der Waals surface area contributed by atoms with Gasteiger partial charge in [0.2, 0.25) is 5.91 Å². The lowest BCUT2D eigenvalue weighted by Gasteiger charge is -2.24. The van der Waals surface area contributed by atoms with E-state index in [-0.39, 0.29) is 17.5 Å². The Morgan fingerprint density at radius 3 is 2.54 bits per heavy atom. The Kier molecular flexibility index (Phi) is 5.73. The Balaban J connectivity index is 1.57. The molecular formula is C18H24N4O3S. The van der Waals surface area contributed by atoms with Crippen LogP contribution in [-0.4, -0.2) is 41.3 Å². The van der Waals surface area contributed by atoms with E-state index in [2.05, 4.69) is 10.3 Å². The molecule has 1 saturated heterocycles. The zero-order chi connectivity index (χ0) is 18.6. The van der Waals surface area contributed by atoms with Crippen LogP contribution in [-0.2, 0) is 27.9 Å². The summed E-state index contributed by atoms with van der Waals surface area (Å²) in [6.07, 6.45) is 5.63. The summed E-state index contributed by atoms with van der Waals surface area (Å²) in [5.74, 6) is -0.190. The normalized spacial score (nSPS) is 15.7. The van der Waals surface area contributed by atoms with Crippen molar-refractivity contribution in [1.29, 1.82) is 0 Å². The van der Waals surface area contributed by atoms with Gasteiger partial charge in [-0.2, -0.15) is 4.31 Å². The van der Waals surface area contributed by atoms with Crippen molar-refractivity contribution in [3.8, 4) is 0 Å². The van der Waals surface area contributed by atoms with Crippen LogP contribution < -0.4 is 5.32 Å². The quantitative estimate of drug-likeness (QED) is 0.831. The molecule has 1 amide bonds. The second-order valence-corrected chi connectivity index (χ2v) is 8.50. The number of piperidine rings is 1. The number of imidazole rings is 1. The van der Waals surface area contributed by atoms with Gasteiger partial charge in [0.1, 0.15) is 6.54 Å². The van der Waals surface area contributed by atoms with E-state index in [9.17, 15) is 13.2 Å². The number of rotatable bonds is 6. The largest absolute Gasteiger partial charge is 0.350 e. The maximum absolute atomic E-state index is 12.6. The molecular weight excluding hydrogens is 352 g/mol. The number of aryl methyl sites for hydroxylation is 1. The zero-order valence-corrected chi connectivity index (χ0v) is 15.7. The third-order valence-corrected chi connectivity index (χ3v) is 6.25. The highest BCUT2D eigenvalue weighted by molar-refractivity contribution is 7.89. The Bertz CT molecular complexity index is 853. The van der Waals surface area contributed by atoms with Crippen molar-refractivity contribution in [3.05, 3.63) is 47.9 Å². The lowest BCUT2D eigenvalue weighted by molar-refractivity contribution is -0.121. The van der Waals surface area contributed by atoms with Crippen LogP contribution in [0.1, 0.15) is 30.4 Å². The van der Waals surface area contributed by atoms with Gasteiger partial charge in [-0.1, -0.05) is 36.2 Å². The van der Waals surface area contributed by atoms with Crippen LogP contribution in [0.3, 0.4) is 0 Å². The monoisotopic (exact) mass is 376 g/mol. The van der Waals surface area contributed by atoms with Crippen LogP contribution >= 0.6 is 0 Å². The molecule has 8 heteroatoms. The van der Waals surface area contributed by atoms with Gasteiger partial charge in [0, 0.05) is 25.8 Å². The van der Waals surface area contributed by atoms with Crippen molar-refractivity contribution in [3.63, 3.8) is 0 Å². The number of nitrogens with one attached hydrogen (secondary N) is 1.